The highest BCUT2D eigenvalue weighted by Gasteiger charge is 2.07. The Morgan fingerprint density at radius 2 is 1.62 bits per heavy atom. The third-order valence-electron chi connectivity index (χ3n) is 5.58. The van der Waals surface area contributed by atoms with Gasteiger partial charge in [-0.1, -0.05) is 65.3 Å². The van der Waals surface area contributed by atoms with Crippen LogP contribution in [0, 0.1) is 5.92 Å². The molecule has 0 radical (unpaired) electrons. The molecule has 0 aliphatic heterocycles. The van der Waals surface area contributed by atoms with Gasteiger partial charge in [0.15, 0.2) is 5.78 Å². The number of rotatable bonds is 13. The minimum absolute atomic E-state index is 0.0169. The summed E-state index contributed by atoms with van der Waals surface area (Å²) in [4.78, 5) is 41.3. The summed E-state index contributed by atoms with van der Waals surface area (Å²) in [5.41, 5.74) is 3.75. The molecule has 0 saturated carbocycles. The van der Waals surface area contributed by atoms with E-state index in [0.29, 0.717) is 42.8 Å². The molecule has 0 bridgehead atoms. The van der Waals surface area contributed by atoms with Crippen molar-refractivity contribution in [3.05, 3.63) is 77.4 Å². The van der Waals surface area contributed by atoms with Crippen LogP contribution >= 0.6 is 0 Å². The zero-order valence-electron chi connectivity index (χ0n) is 25.1. The molecule has 7 nitrogen and oxygen atoms in total. The number of benzene rings is 2. The first-order valence-electron chi connectivity index (χ1n) is 13.7. The normalized spacial score (nSPS) is 10.9. The highest BCUT2D eigenvalue weighted by atomic mass is 16.1. The van der Waals surface area contributed by atoms with Crippen molar-refractivity contribution < 1.29 is 14.4 Å². The standard InChI is InChI=1S/C25H30N4O3.C5H12.C2H6/c1-26-24(20-8-10-21(11-9-20)25(32)27-15-16-29(2)3)14-13-23(31)12-7-19-5-4-6-22(17-19)28-18-30;1-4-5(2)3;1-2/h4-6,8-11,13-14,17-18H,7,12,15-16H2,1-3H3,(H,27,32)(H,28,30);5H,4H2,1-3H3;1-2H3/b14-13-,26-24?;;. The van der Waals surface area contributed by atoms with Crippen LogP contribution in [0.1, 0.15) is 68.9 Å². The molecule has 39 heavy (non-hydrogen) atoms. The van der Waals surface area contributed by atoms with Crippen molar-refractivity contribution in [2.24, 2.45) is 10.9 Å². The molecule has 0 spiro atoms. The second kappa shape index (κ2) is 21.4. The number of hydrogen-bond donors (Lipinski definition) is 2. The molecule has 0 fully saturated rings. The van der Waals surface area contributed by atoms with Gasteiger partial charge in [0.2, 0.25) is 6.41 Å². The number of nitrogens with zero attached hydrogens (tertiary/aromatic N) is 2. The number of anilines is 1. The highest BCUT2D eigenvalue weighted by Crippen LogP contribution is 2.12. The van der Waals surface area contributed by atoms with Gasteiger partial charge in [-0.2, -0.15) is 0 Å². The van der Waals surface area contributed by atoms with Crippen LogP contribution in [0.3, 0.4) is 0 Å². The molecular formula is C32H48N4O3. The molecular weight excluding hydrogens is 488 g/mol. The first kappa shape index (κ1) is 35.4. The first-order valence-corrected chi connectivity index (χ1v) is 13.7. The second-order valence-corrected chi connectivity index (χ2v) is 9.31. The second-order valence-electron chi connectivity index (χ2n) is 9.31. The Morgan fingerprint density at radius 1 is 1.00 bits per heavy atom. The van der Waals surface area contributed by atoms with Crippen molar-refractivity contribution in [2.45, 2.75) is 53.9 Å². The van der Waals surface area contributed by atoms with E-state index in [1.165, 1.54) is 12.5 Å². The van der Waals surface area contributed by atoms with Crippen LogP contribution < -0.4 is 10.6 Å². The molecule has 0 aromatic heterocycles. The number of carbonyl (C=O) groups excluding carboxylic acids is 3. The third-order valence-corrected chi connectivity index (χ3v) is 5.58. The fraction of sp³-hybridized carbons (Fsp3) is 0.438. The minimum Gasteiger partial charge on any atom is -0.351 e. The molecule has 2 aromatic rings. The lowest BCUT2D eigenvalue weighted by atomic mass is 10.0. The van der Waals surface area contributed by atoms with Crippen LogP contribution in [0.4, 0.5) is 5.69 Å². The van der Waals surface area contributed by atoms with E-state index in [9.17, 15) is 14.4 Å². The summed E-state index contributed by atoms with van der Waals surface area (Å²) in [5, 5.41) is 5.48. The van der Waals surface area contributed by atoms with Gasteiger partial charge >= 0.3 is 0 Å². The lowest BCUT2D eigenvalue weighted by Gasteiger charge is -2.10. The molecule has 2 aromatic carbocycles. The maximum atomic E-state index is 12.3. The zero-order valence-corrected chi connectivity index (χ0v) is 25.1. The Morgan fingerprint density at radius 3 is 2.15 bits per heavy atom. The average Bonchev–Trinajstić information content (AvgIpc) is 2.94. The van der Waals surface area contributed by atoms with Crippen LogP contribution in [-0.4, -0.2) is 62.9 Å². The van der Waals surface area contributed by atoms with Crippen molar-refractivity contribution in [1.29, 1.82) is 0 Å². The van der Waals surface area contributed by atoms with Crippen molar-refractivity contribution >= 4 is 29.5 Å². The van der Waals surface area contributed by atoms with Gasteiger partial charge in [-0.15, -0.1) is 0 Å². The Balaban J connectivity index is 0.00000185. The smallest absolute Gasteiger partial charge is 0.251 e. The van der Waals surface area contributed by atoms with Gasteiger partial charge in [0, 0.05) is 37.8 Å². The van der Waals surface area contributed by atoms with E-state index >= 15 is 0 Å². The maximum absolute atomic E-state index is 12.3. The average molecular weight is 537 g/mol. The summed E-state index contributed by atoms with van der Waals surface area (Å²) in [6.45, 7) is 12.0. The Bertz CT molecular complexity index is 1040. The van der Waals surface area contributed by atoms with Crippen molar-refractivity contribution in [3.8, 4) is 0 Å². The number of ketones is 1. The van der Waals surface area contributed by atoms with E-state index in [1.807, 2.05) is 63.2 Å². The molecule has 0 heterocycles. The van der Waals surface area contributed by atoms with E-state index in [2.05, 4.69) is 36.4 Å². The summed E-state index contributed by atoms with van der Waals surface area (Å²) in [7, 11) is 5.57. The molecule has 0 atom stereocenters. The molecule has 2 amide bonds. The van der Waals surface area contributed by atoms with E-state index in [4.69, 9.17) is 0 Å². The molecule has 0 unspecified atom stereocenters. The third kappa shape index (κ3) is 16.1. The summed E-state index contributed by atoms with van der Waals surface area (Å²) in [6, 6.07) is 14.6. The van der Waals surface area contributed by atoms with E-state index in [-0.39, 0.29) is 11.7 Å². The number of hydrogen-bond acceptors (Lipinski definition) is 5. The number of aryl methyl sites for hydroxylation is 1. The zero-order chi connectivity index (χ0) is 29.6. The minimum atomic E-state index is -0.119. The fourth-order valence-electron chi connectivity index (χ4n) is 2.99. The molecule has 7 heteroatoms. The quantitative estimate of drug-likeness (QED) is 0.192. The lowest BCUT2D eigenvalue weighted by Crippen LogP contribution is -2.31. The van der Waals surface area contributed by atoms with E-state index in [1.54, 1.807) is 31.3 Å². The molecule has 0 aliphatic rings. The first-order chi connectivity index (χ1) is 18.7. The number of aliphatic imine (C=N–C) groups is 1. The number of allylic oxidation sites excluding steroid dienone is 2. The van der Waals surface area contributed by atoms with E-state index < -0.39 is 0 Å². The van der Waals surface area contributed by atoms with Crippen molar-refractivity contribution in [3.63, 3.8) is 0 Å². The fourth-order valence-corrected chi connectivity index (χ4v) is 2.99. The van der Waals surface area contributed by atoms with Crippen LogP contribution in [0.15, 0.2) is 65.7 Å². The van der Waals surface area contributed by atoms with Gasteiger partial charge in [0.05, 0.1) is 5.71 Å². The number of carbonyl (C=O) groups is 3. The van der Waals surface area contributed by atoms with Crippen molar-refractivity contribution in [1.82, 2.24) is 10.2 Å². The van der Waals surface area contributed by atoms with Gasteiger partial charge in [-0.3, -0.25) is 19.4 Å². The number of likely N-dealkylation sites (N-methyl/N-ethyl adjacent to an activating group) is 1. The highest BCUT2D eigenvalue weighted by molar-refractivity contribution is 6.11. The van der Waals surface area contributed by atoms with Crippen LogP contribution in [-0.2, 0) is 16.0 Å². The molecule has 2 rings (SSSR count). The topological polar surface area (TPSA) is 90.9 Å². The molecule has 0 saturated heterocycles. The monoisotopic (exact) mass is 536 g/mol. The van der Waals surface area contributed by atoms with Crippen molar-refractivity contribution in [2.75, 3.05) is 39.5 Å². The maximum Gasteiger partial charge on any atom is 0.251 e. The van der Waals surface area contributed by atoms with Gasteiger partial charge in [-0.05, 0) is 74.0 Å². The van der Waals surface area contributed by atoms with Crippen LogP contribution in [0.5, 0.6) is 0 Å². The van der Waals surface area contributed by atoms with Gasteiger partial charge in [0.25, 0.3) is 5.91 Å². The molecule has 2 N–H and O–H groups in total. The van der Waals surface area contributed by atoms with Gasteiger partial charge in [-0.25, -0.2) is 0 Å². The molecule has 0 aliphatic carbocycles. The van der Waals surface area contributed by atoms with Crippen LogP contribution in [0.25, 0.3) is 0 Å². The predicted molar refractivity (Wildman–Crippen MR) is 165 cm³/mol. The van der Waals surface area contributed by atoms with Crippen LogP contribution in [0.2, 0.25) is 0 Å². The number of nitrogens with one attached hydrogen (secondary N) is 2. The Kier molecular flexibility index (Phi) is 19.4. The van der Waals surface area contributed by atoms with Gasteiger partial charge in [0.1, 0.15) is 0 Å². The lowest BCUT2D eigenvalue weighted by molar-refractivity contribution is -0.114. The Hall–Kier alpha value is -3.58. The summed E-state index contributed by atoms with van der Waals surface area (Å²) >= 11 is 0. The predicted octanol–water partition coefficient (Wildman–Crippen LogP) is 5.80. The summed E-state index contributed by atoms with van der Waals surface area (Å²) in [6.07, 6.45) is 6.08. The SMILES string of the molecule is CC.CCC(C)C.CN=C(/C=C\C(=O)CCc1cccc(NC=O)c1)c1ccc(C(=O)NCCN(C)C)cc1. The number of amides is 2. The Labute approximate surface area is 235 Å². The largest absolute Gasteiger partial charge is 0.351 e. The molecule has 214 valence electrons. The summed E-state index contributed by atoms with van der Waals surface area (Å²) in [5.74, 6) is 0.748. The summed E-state index contributed by atoms with van der Waals surface area (Å²) < 4.78 is 0. The van der Waals surface area contributed by atoms with Gasteiger partial charge < -0.3 is 15.5 Å². The van der Waals surface area contributed by atoms with E-state index in [0.717, 1.165) is 23.6 Å².